The van der Waals surface area contributed by atoms with Crippen molar-refractivity contribution in [2.45, 2.75) is 6.54 Å². The van der Waals surface area contributed by atoms with Crippen LogP contribution >= 0.6 is 0 Å². The minimum atomic E-state index is -3.73. The zero-order chi connectivity index (χ0) is 26.4. The number of sulfonamides is 1. The van der Waals surface area contributed by atoms with Gasteiger partial charge in [-0.2, -0.15) is 0 Å². The van der Waals surface area contributed by atoms with Crippen molar-refractivity contribution in [2.75, 3.05) is 23.0 Å². The quantitative estimate of drug-likeness (QED) is 0.300. The highest BCUT2D eigenvalue weighted by Gasteiger charge is 2.21. The lowest BCUT2D eigenvalue weighted by Gasteiger charge is -2.24. The van der Waals surface area contributed by atoms with E-state index in [1.807, 2.05) is 30.3 Å². The highest BCUT2D eigenvalue weighted by Crippen LogP contribution is 2.31. The maximum Gasteiger partial charge on any atom is 0.255 e. The van der Waals surface area contributed by atoms with Crippen molar-refractivity contribution in [3.05, 3.63) is 114 Å². The molecule has 0 heterocycles. The number of methoxy groups -OCH3 is 1. The van der Waals surface area contributed by atoms with Crippen LogP contribution in [0.5, 0.6) is 17.2 Å². The van der Waals surface area contributed by atoms with Crippen LogP contribution in [-0.4, -0.2) is 27.7 Å². The van der Waals surface area contributed by atoms with E-state index in [1.54, 1.807) is 42.5 Å². The van der Waals surface area contributed by atoms with Gasteiger partial charge in [-0.3, -0.25) is 9.10 Å². The van der Waals surface area contributed by atoms with Gasteiger partial charge < -0.3 is 14.8 Å². The number of hydrogen-bond acceptors (Lipinski definition) is 5. The standard InChI is InChI=1S/C28H25FN2O5S/c1-35-26-17-12-20(18-21(26)19-31(37(2,33)34)23-15-13-22(29)14-16-23)28(32)30-25-10-6-7-11-27(25)36-24-8-4-3-5-9-24/h3-18H,19H2,1-2H3,(H,30,32). The smallest absolute Gasteiger partial charge is 0.255 e. The zero-order valence-corrected chi connectivity index (χ0v) is 21.0. The zero-order valence-electron chi connectivity index (χ0n) is 20.2. The summed E-state index contributed by atoms with van der Waals surface area (Å²) in [6.07, 6.45) is 1.06. The van der Waals surface area contributed by atoms with Crippen LogP contribution in [-0.2, 0) is 16.6 Å². The Balaban J connectivity index is 1.61. The molecule has 1 N–H and O–H groups in total. The second kappa shape index (κ2) is 11.1. The van der Waals surface area contributed by atoms with Crippen LogP contribution < -0.4 is 19.1 Å². The summed E-state index contributed by atoms with van der Waals surface area (Å²) in [5.74, 6) is 0.596. The summed E-state index contributed by atoms with van der Waals surface area (Å²) >= 11 is 0. The summed E-state index contributed by atoms with van der Waals surface area (Å²) in [4.78, 5) is 13.2. The van der Waals surface area contributed by atoms with E-state index in [-0.39, 0.29) is 17.8 Å². The summed E-state index contributed by atoms with van der Waals surface area (Å²) in [7, 11) is -2.28. The number of nitrogens with one attached hydrogen (secondary N) is 1. The molecule has 0 radical (unpaired) electrons. The minimum Gasteiger partial charge on any atom is -0.496 e. The lowest BCUT2D eigenvalue weighted by Crippen LogP contribution is -2.29. The normalized spacial score (nSPS) is 11.0. The first-order valence-corrected chi connectivity index (χ1v) is 13.1. The van der Waals surface area contributed by atoms with Gasteiger partial charge in [-0.15, -0.1) is 0 Å². The fraction of sp³-hybridized carbons (Fsp3) is 0.107. The highest BCUT2D eigenvalue weighted by molar-refractivity contribution is 7.92. The van der Waals surface area contributed by atoms with Crippen LogP contribution in [0.15, 0.2) is 97.1 Å². The molecule has 0 bridgehead atoms. The number of anilines is 2. The summed E-state index contributed by atoms with van der Waals surface area (Å²) in [5.41, 5.74) is 1.50. The molecular formula is C28H25FN2O5S. The van der Waals surface area contributed by atoms with Crippen LogP contribution in [0.2, 0.25) is 0 Å². The summed E-state index contributed by atoms with van der Waals surface area (Å²) < 4.78 is 51.0. The molecule has 0 aliphatic heterocycles. The van der Waals surface area contributed by atoms with Crippen molar-refractivity contribution in [1.82, 2.24) is 0 Å². The molecule has 4 aromatic rings. The predicted octanol–water partition coefficient (Wildman–Crippen LogP) is 5.85. The van der Waals surface area contributed by atoms with E-state index in [9.17, 15) is 17.6 Å². The average molecular weight is 521 g/mol. The molecule has 7 nitrogen and oxygen atoms in total. The molecule has 1 amide bonds. The van der Waals surface area contributed by atoms with Gasteiger partial charge in [0, 0.05) is 11.1 Å². The van der Waals surface area contributed by atoms with Crippen LogP contribution in [0.1, 0.15) is 15.9 Å². The van der Waals surface area contributed by atoms with E-state index in [2.05, 4.69) is 5.32 Å². The van der Waals surface area contributed by atoms with E-state index in [1.165, 1.54) is 31.4 Å². The van der Waals surface area contributed by atoms with Crippen LogP contribution in [0, 0.1) is 5.82 Å². The van der Waals surface area contributed by atoms with Gasteiger partial charge in [0.1, 0.15) is 17.3 Å². The molecule has 4 aromatic carbocycles. The molecule has 190 valence electrons. The topological polar surface area (TPSA) is 84.9 Å². The van der Waals surface area contributed by atoms with E-state index in [0.717, 1.165) is 10.6 Å². The van der Waals surface area contributed by atoms with Gasteiger partial charge in [0.15, 0.2) is 5.75 Å². The van der Waals surface area contributed by atoms with Gasteiger partial charge in [0.25, 0.3) is 5.91 Å². The number of hydrogen-bond donors (Lipinski definition) is 1. The molecule has 4 rings (SSSR count). The second-order valence-electron chi connectivity index (χ2n) is 8.14. The van der Waals surface area contributed by atoms with Gasteiger partial charge in [-0.05, 0) is 66.7 Å². The first kappa shape index (κ1) is 25.7. The second-order valence-corrected chi connectivity index (χ2v) is 10.0. The fourth-order valence-electron chi connectivity index (χ4n) is 3.67. The molecule has 0 atom stereocenters. The Hall–Kier alpha value is -4.37. The monoisotopic (exact) mass is 520 g/mol. The molecule has 0 aromatic heterocycles. The SMILES string of the molecule is COc1ccc(C(=O)Nc2ccccc2Oc2ccccc2)cc1CN(c1ccc(F)cc1)S(C)(=O)=O. The maximum atomic E-state index is 13.4. The van der Waals surface area contributed by atoms with Crippen molar-refractivity contribution < 1.29 is 27.1 Å². The van der Waals surface area contributed by atoms with Crippen molar-refractivity contribution in [2.24, 2.45) is 0 Å². The highest BCUT2D eigenvalue weighted by atomic mass is 32.2. The van der Waals surface area contributed by atoms with Gasteiger partial charge >= 0.3 is 0 Å². The van der Waals surface area contributed by atoms with Crippen molar-refractivity contribution in [3.8, 4) is 17.2 Å². The Morgan fingerprint density at radius 3 is 2.24 bits per heavy atom. The van der Waals surface area contributed by atoms with Crippen molar-refractivity contribution in [3.63, 3.8) is 0 Å². The van der Waals surface area contributed by atoms with Crippen molar-refractivity contribution >= 4 is 27.3 Å². The van der Waals surface area contributed by atoms with E-state index in [0.29, 0.717) is 28.5 Å². The van der Waals surface area contributed by atoms with Crippen LogP contribution in [0.25, 0.3) is 0 Å². The first-order valence-electron chi connectivity index (χ1n) is 11.3. The number of carbonyl (C=O) groups is 1. The molecule has 9 heteroatoms. The molecule has 37 heavy (non-hydrogen) atoms. The number of benzene rings is 4. The number of para-hydroxylation sites is 3. The van der Waals surface area contributed by atoms with Gasteiger partial charge in [0.05, 0.1) is 31.3 Å². The Labute approximate surface area is 215 Å². The molecular weight excluding hydrogens is 495 g/mol. The Morgan fingerprint density at radius 1 is 0.892 bits per heavy atom. The third-order valence-electron chi connectivity index (χ3n) is 5.48. The minimum absolute atomic E-state index is 0.123. The first-order chi connectivity index (χ1) is 17.7. The molecule has 0 saturated carbocycles. The molecule has 0 aliphatic carbocycles. The molecule has 0 aliphatic rings. The van der Waals surface area contributed by atoms with Crippen LogP contribution in [0.4, 0.5) is 15.8 Å². The third kappa shape index (κ3) is 6.45. The molecule has 0 spiro atoms. The van der Waals surface area contributed by atoms with Gasteiger partial charge in [0.2, 0.25) is 10.0 Å². The lowest BCUT2D eigenvalue weighted by atomic mass is 10.1. The maximum absolute atomic E-state index is 13.4. The van der Waals surface area contributed by atoms with Crippen LogP contribution in [0.3, 0.4) is 0 Å². The summed E-state index contributed by atoms with van der Waals surface area (Å²) in [6, 6.07) is 26.1. The molecule has 0 fully saturated rings. The number of carbonyl (C=O) groups excluding carboxylic acids is 1. The predicted molar refractivity (Wildman–Crippen MR) is 141 cm³/mol. The number of rotatable bonds is 9. The van der Waals surface area contributed by atoms with E-state index >= 15 is 0 Å². The Bertz CT molecular complexity index is 1490. The Kier molecular flexibility index (Phi) is 7.74. The number of nitrogens with zero attached hydrogens (tertiary/aromatic N) is 1. The van der Waals surface area contributed by atoms with E-state index in [4.69, 9.17) is 9.47 Å². The third-order valence-corrected chi connectivity index (χ3v) is 6.62. The average Bonchev–Trinajstić information content (AvgIpc) is 2.89. The summed E-state index contributed by atoms with van der Waals surface area (Å²) in [6.45, 7) is -0.123. The lowest BCUT2D eigenvalue weighted by molar-refractivity contribution is 0.102. The van der Waals surface area contributed by atoms with E-state index < -0.39 is 21.7 Å². The van der Waals surface area contributed by atoms with Gasteiger partial charge in [-0.1, -0.05) is 30.3 Å². The summed E-state index contributed by atoms with van der Waals surface area (Å²) in [5, 5.41) is 2.85. The fourth-order valence-corrected chi connectivity index (χ4v) is 4.55. The molecule has 0 unspecified atom stereocenters. The number of halogens is 1. The number of amides is 1. The van der Waals surface area contributed by atoms with Gasteiger partial charge in [-0.25, -0.2) is 12.8 Å². The largest absolute Gasteiger partial charge is 0.496 e. The Morgan fingerprint density at radius 2 is 1.57 bits per heavy atom. The number of ether oxygens (including phenoxy) is 2. The molecule has 0 saturated heterocycles. The van der Waals surface area contributed by atoms with Crippen molar-refractivity contribution in [1.29, 1.82) is 0 Å².